The number of nitrogens with zero attached hydrogens (tertiary/aromatic N) is 2. The van der Waals surface area contributed by atoms with Crippen molar-refractivity contribution in [1.29, 1.82) is 0 Å². The third-order valence-electron chi connectivity index (χ3n) is 1.51. The molecule has 0 aliphatic rings. The number of hydrogen-bond acceptors (Lipinski definition) is 4. The number of aromatic nitrogens is 2. The second-order valence-corrected chi connectivity index (χ2v) is 4.74. The molecule has 5 heteroatoms. The van der Waals surface area contributed by atoms with Crippen molar-refractivity contribution in [1.82, 2.24) is 9.36 Å². The molecule has 0 radical (unpaired) electrons. The highest BCUT2D eigenvalue weighted by Gasteiger charge is 2.03. The van der Waals surface area contributed by atoms with Gasteiger partial charge in [0.2, 0.25) is 0 Å². The Bertz CT molecular complexity index is 442. The summed E-state index contributed by atoms with van der Waals surface area (Å²) in [4.78, 5) is 5.03. The summed E-state index contributed by atoms with van der Waals surface area (Å²) in [5.74, 6) is 0.533. The predicted octanol–water partition coefficient (Wildman–Crippen LogP) is 3.14. The smallest absolute Gasteiger partial charge is 0.174 e. The summed E-state index contributed by atoms with van der Waals surface area (Å²) < 4.78 is 17.7. The molecule has 2 nitrogen and oxygen atoms in total. The lowest BCUT2D eigenvalue weighted by atomic mass is 10.4. The molecule has 0 N–H and O–H groups in total. The molecule has 0 fully saturated rings. The minimum absolute atomic E-state index is 0.226. The number of rotatable bonds is 2. The molecule has 0 bridgehead atoms. The lowest BCUT2D eigenvalue weighted by molar-refractivity contribution is 0.624. The number of benzene rings is 1. The maximum atomic E-state index is 12.8. The average Bonchev–Trinajstić information content (AvgIpc) is 2.51. The van der Waals surface area contributed by atoms with Gasteiger partial charge in [0.05, 0.1) is 0 Å². The van der Waals surface area contributed by atoms with Crippen molar-refractivity contribution in [2.45, 2.75) is 16.2 Å². The van der Waals surface area contributed by atoms with Crippen LogP contribution in [0.2, 0.25) is 0 Å². The van der Waals surface area contributed by atoms with E-state index in [9.17, 15) is 4.39 Å². The van der Waals surface area contributed by atoms with Gasteiger partial charge in [-0.3, -0.25) is 0 Å². The van der Waals surface area contributed by atoms with Crippen LogP contribution >= 0.6 is 23.3 Å². The first-order chi connectivity index (χ1) is 6.74. The first-order valence-electron chi connectivity index (χ1n) is 3.98. The summed E-state index contributed by atoms with van der Waals surface area (Å²) in [6, 6.07) is 6.45. The standard InChI is InChI=1S/C9H7FN2S2/c1-6-11-9(14-12-6)13-8-4-2-3-7(10)5-8/h2-5H,1H3. The van der Waals surface area contributed by atoms with Crippen LogP contribution in [-0.2, 0) is 0 Å². The van der Waals surface area contributed by atoms with Gasteiger partial charge in [-0.25, -0.2) is 9.37 Å². The Balaban J connectivity index is 2.18. The van der Waals surface area contributed by atoms with Crippen LogP contribution in [0.25, 0.3) is 0 Å². The fourth-order valence-electron chi connectivity index (χ4n) is 0.951. The van der Waals surface area contributed by atoms with Crippen LogP contribution in [0, 0.1) is 12.7 Å². The van der Waals surface area contributed by atoms with Gasteiger partial charge in [0.1, 0.15) is 11.6 Å². The van der Waals surface area contributed by atoms with Crippen LogP contribution in [0.1, 0.15) is 5.82 Å². The van der Waals surface area contributed by atoms with Gasteiger partial charge in [0.15, 0.2) is 4.34 Å². The molecule has 0 saturated heterocycles. The molecule has 0 spiro atoms. The Kier molecular flexibility index (Phi) is 2.79. The summed E-state index contributed by atoms with van der Waals surface area (Å²) in [5.41, 5.74) is 0. The van der Waals surface area contributed by atoms with Crippen molar-refractivity contribution in [3.63, 3.8) is 0 Å². The summed E-state index contributed by atoms with van der Waals surface area (Å²) >= 11 is 2.76. The van der Waals surface area contributed by atoms with E-state index in [4.69, 9.17) is 0 Å². The predicted molar refractivity (Wildman–Crippen MR) is 55.2 cm³/mol. The molecular formula is C9H7FN2S2. The molecule has 0 amide bonds. The quantitative estimate of drug-likeness (QED) is 0.786. The van der Waals surface area contributed by atoms with Crippen molar-refractivity contribution < 1.29 is 4.39 Å². The Labute approximate surface area is 89.4 Å². The van der Waals surface area contributed by atoms with E-state index in [1.807, 2.05) is 13.0 Å². The molecule has 72 valence electrons. The van der Waals surface area contributed by atoms with Gasteiger partial charge in [0.25, 0.3) is 0 Å². The first-order valence-corrected chi connectivity index (χ1v) is 5.57. The van der Waals surface area contributed by atoms with Crippen molar-refractivity contribution >= 4 is 23.3 Å². The molecule has 2 aromatic rings. The number of aryl methyl sites for hydroxylation is 1. The molecule has 1 aromatic heterocycles. The van der Waals surface area contributed by atoms with Crippen LogP contribution in [0.15, 0.2) is 33.5 Å². The zero-order valence-electron chi connectivity index (χ0n) is 7.40. The summed E-state index contributed by atoms with van der Waals surface area (Å²) in [6.07, 6.45) is 0. The number of halogens is 1. The Morgan fingerprint density at radius 3 is 2.93 bits per heavy atom. The molecule has 2 rings (SSSR count). The van der Waals surface area contributed by atoms with Gasteiger partial charge in [0, 0.05) is 4.90 Å². The van der Waals surface area contributed by atoms with E-state index in [0.29, 0.717) is 0 Å². The van der Waals surface area contributed by atoms with Crippen LogP contribution < -0.4 is 0 Å². The molecular weight excluding hydrogens is 219 g/mol. The fraction of sp³-hybridized carbons (Fsp3) is 0.111. The number of hydrogen-bond donors (Lipinski definition) is 0. The largest absolute Gasteiger partial charge is 0.213 e. The van der Waals surface area contributed by atoms with Gasteiger partial charge in [-0.1, -0.05) is 17.8 Å². The summed E-state index contributed by atoms with van der Waals surface area (Å²) in [5, 5.41) is 0. The van der Waals surface area contributed by atoms with E-state index in [-0.39, 0.29) is 5.82 Å². The van der Waals surface area contributed by atoms with Crippen LogP contribution in [-0.4, -0.2) is 9.36 Å². The second kappa shape index (κ2) is 4.06. The molecule has 14 heavy (non-hydrogen) atoms. The van der Waals surface area contributed by atoms with E-state index >= 15 is 0 Å². The molecule has 0 saturated carbocycles. The normalized spacial score (nSPS) is 10.4. The van der Waals surface area contributed by atoms with Crippen molar-refractivity contribution in [2.24, 2.45) is 0 Å². The molecule has 0 aliphatic heterocycles. The van der Waals surface area contributed by atoms with E-state index in [2.05, 4.69) is 9.36 Å². The van der Waals surface area contributed by atoms with Gasteiger partial charge in [-0.05, 0) is 36.7 Å². The lowest BCUT2D eigenvalue weighted by Gasteiger charge is -1.95. The Hall–Kier alpha value is -0.940. The van der Waals surface area contributed by atoms with Gasteiger partial charge in [-0.15, -0.1) is 0 Å². The van der Waals surface area contributed by atoms with Crippen LogP contribution in [0.5, 0.6) is 0 Å². The van der Waals surface area contributed by atoms with Gasteiger partial charge >= 0.3 is 0 Å². The maximum absolute atomic E-state index is 12.8. The molecule has 1 aromatic carbocycles. The minimum atomic E-state index is -0.226. The monoisotopic (exact) mass is 226 g/mol. The van der Waals surface area contributed by atoms with Crippen molar-refractivity contribution in [3.05, 3.63) is 35.9 Å². The molecule has 0 atom stereocenters. The minimum Gasteiger partial charge on any atom is -0.213 e. The third kappa shape index (κ3) is 2.30. The van der Waals surface area contributed by atoms with Crippen LogP contribution in [0.4, 0.5) is 4.39 Å². The molecule has 0 unspecified atom stereocenters. The molecule has 1 heterocycles. The first kappa shape index (κ1) is 9.61. The highest BCUT2D eigenvalue weighted by molar-refractivity contribution is 8.01. The van der Waals surface area contributed by atoms with Gasteiger partial charge in [-0.2, -0.15) is 4.37 Å². The van der Waals surface area contributed by atoms with E-state index in [1.54, 1.807) is 6.07 Å². The van der Waals surface area contributed by atoms with Gasteiger partial charge < -0.3 is 0 Å². The zero-order valence-corrected chi connectivity index (χ0v) is 9.03. The highest BCUT2D eigenvalue weighted by Crippen LogP contribution is 2.28. The van der Waals surface area contributed by atoms with E-state index < -0.39 is 0 Å². The second-order valence-electron chi connectivity index (χ2n) is 2.67. The maximum Gasteiger partial charge on any atom is 0.174 e. The lowest BCUT2D eigenvalue weighted by Crippen LogP contribution is -1.76. The highest BCUT2D eigenvalue weighted by atomic mass is 32.2. The van der Waals surface area contributed by atoms with E-state index in [0.717, 1.165) is 15.1 Å². The Morgan fingerprint density at radius 1 is 1.43 bits per heavy atom. The molecule has 0 aliphatic carbocycles. The van der Waals surface area contributed by atoms with Crippen molar-refractivity contribution in [2.75, 3.05) is 0 Å². The zero-order chi connectivity index (χ0) is 9.97. The average molecular weight is 226 g/mol. The fourth-order valence-corrected chi connectivity index (χ4v) is 2.62. The third-order valence-corrected chi connectivity index (χ3v) is 3.34. The van der Waals surface area contributed by atoms with Crippen molar-refractivity contribution in [3.8, 4) is 0 Å². The van der Waals surface area contributed by atoms with Crippen LogP contribution in [0.3, 0.4) is 0 Å². The Morgan fingerprint density at radius 2 is 2.29 bits per heavy atom. The SMILES string of the molecule is Cc1nsc(Sc2cccc(F)c2)n1. The summed E-state index contributed by atoms with van der Waals surface area (Å²) in [6.45, 7) is 1.84. The summed E-state index contributed by atoms with van der Waals surface area (Å²) in [7, 11) is 0. The van der Waals surface area contributed by atoms with E-state index in [1.165, 1.54) is 35.4 Å². The topological polar surface area (TPSA) is 25.8 Å².